The van der Waals surface area contributed by atoms with Crippen molar-refractivity contribution in [2.45, 2.75) is 51.0 Å². The molecule has 0 spiro atoms. The van der Waals surface area contributed by atoms with E-state index >= 15 is 0 Å². The van der Waals surface area contributed by atoms with E-state index in [9.17, 15) is 9.59 Å². The maximum atomic E-state index is 12.6. The summed E-state index contributed by atoms with van der Waals surface area (Å²) in [4.78, 5) is 24.0. The van der Waals surface area contributed by atoms with Crippen LogP contribution in [0.5, 0.6) is 0 Å². The molecule has 23 heavy (non-hydrogen) atoms. The highest BCUT2D eigenvalue weighted by molar-refractivity contribution is 5.98. The van der Waals surface area contributed by atoms with Gasteiger partial charge in [-0.1, -0.05) is 19.3 Å². The molecule has 2 aliphatic rings. The normalized spacial score (nSPS) is 19.6. The number of hydrogen-bond acceptors (Lipinski definition) is 3. The van der Waals surface area contributed by atoms with Crippen LogP contribution in [0.15, 0.2) is 18.2 Å². The number of nitrogens with two attached hydrogens (primary N) is 1. The molecule has 1 fully saturated rings. The second-order valence-corrected chi connectivity index (χ2v) is 6.63. The van der Waals surface area contributed by atoms with E-state index in [0.29, 0.717) is 30.9 Å². The number of amides is 2. The van der Waals surface area contributed by atoms with Crippen LogP contribution in [0.3, 0.4) is 0 Å². The molecular formula is C18H25N3O2. The molecule has 1 atom stereocenters. The van der Waals surface area contributed by atoms with E-state index in [1.807, 2.05) is 12.1 Å². The van der Waals surface area contributed by atoms with Crippen LogP contribution < -0.4 is 16.4 Å². The van der Waals surface area contributed by atoms with Crippen molar-refractivity contribution in [3.05, 3.63) is 29.3 Å². The van der Waals surface area contributed by atoms with E-state index in [4.69, 9.17) is 5.73 Å². The molecule has 124 valence electrons. The molecule has 0 aromatic heterocycles. The van der Waals surface area contributed by atoms with Gasteiger partial charge in [-0.25, -0.2) is 0 Å². The Morgan fingerprint density at radius 1 is 1.26 bits per heavy atom. The molecule has 5 nitrogen and oxygen atoms in total. The molecule has 1 aromatic carbocycles. The van der Waals surface area contributed by atoms with Gasteiger partial charge in [0.25, 0.3) is 5.91 Å². The van der Waals surface area contributed by atoms with E-state index in [1.165, 1.54) is 19.3 Å². The number of aryl methyl sites for hydroxylation is 1. The van der Waals surface area contributed by atoms with E-state index in [1.54, 1.807) is 6.07 Å². The summed E-state index contributed by atoms with van der Waals surface area (Å²) in [5.41, 5.74) is 8.39. The summed E-state index contributed by atoms with van der Waals surface area (Å²) in [7, 11) is 0. The minimum absolute atomic E-state index is 0.0372. The molecule has 0 bridgehead atoms. The molecule has 1 unspecified atom stereocenters. The summed E-state index contributed by atoms with van der Waals surface area (Å²) in [5.74, 6) is 0.468. The first-order valence-electron chi connectivity index (χ1n) is 8.61. The molecule has 5 heteroatoms. The SMILES string of the molecule is NCC(NC(=O)c1ccc2c(c1)CCC(=O)N2)C1CCCCC1. The van der Waals surface area contributed by atoms with Crippen molar-refractivity contribution in [3.8, 4) is 0 Å². The highest BCUT2D eigenvalue weighted by atomic mass is 16.2. The lowest BCUT2D eigenvalue weighted by molar-refractivity contribution is -0.116. The first-order chi connectivity index (χ1) is 11.2. The first kappa shape index (κ1) is 16.0. The Morgan fingerprint density at radius 2 is 2.04 bits per heavy atom. The number of carbonyl (C=O) groups excluding carboxylic acids is 2. The van der Waals surface area contributed by atoms with Crippen LogP contribution in [-0.4, -0.2) is 24.4 Å². The Hall–Kier alpha value is -1.88. The summed E-state index contributed by atoms with van der Waals surface area (Å²) in [6.45, 7) is 0.484. The van der Waals surface area contributed by atoms with Gasteiger partial charge in [-0.05, 0) is 48.9 Å². The van der Waals surface area contributed by atoms with Gasteiger partial charge in [0, 0.05) is 30.3 Å². The van der Waals surface area contributed by atoms with E-state index in [2.05, 4.69) is 10.6 Å². The van der Waals surface area contributed by atoms with Crippen molar-refractivity contribution in [3.63, 3.8) is 0 Å². The highest BCUT2D eigenvalue weighted by Crippen LogP contribution is 2.27. The number of rotatable bonds is 4. The number of fused-ring (bicyclic) bond motifs is 1. The molecule has 1 aliphatic heterocycles. The minimum Gasteiger partial charge on any atom is -0.348 e. The molecule has 4 N–H and O–H groups in total. The average Bonchev–Trinajstić information content (AvgIpc) is 2.59. The molecule has 1 aromatic rings. The van der Waals surface area contributed by atoms with Gasteiger partial charge in [0.05, 0.1) is 0 Å². The van der Waals surface area contributed by atoms with Gasteiger partial charge in [-0.2, -0.15) is 0 Å². The Labute approximate surface area is 137 Å². The molecular weight excluding hydrogens is 290 g/mol. The van der Waals surface area contributed by atoms with E-state index < -0.39 is 0 Å². The van der Waals surface area contributed by atoms with E-state index in [-0.39, 0.29) is 17.9 Å². The third kappa shape index (κ3) is 3.72. The van der Waals surface area contributed by atoms with Gasteiger partial charge in [-0.15, -0.1) is 0 Å². The lowest BCUT2D eigenvalue weighted by Gasteiger charge is -2.30. The van der Waals surface area contributed by atoms with Crippen LogP contribution in [0.25, 0.3) is 0 Å². The molecule has 0 radical (unpaired) electrons. The van der Waals surface area contributed by atoms with Crippen LogP contribution in [0.1, 0.15) is 54.4 Å². The van der Waals surface area contributed by atoms with Gasteiger partial charge in [0.2, 0.25) is 5.91 Å². The lowest BCUT2D eigenvalue weighted by atomic mass is 9.84. The van der Waals surface area contributed by atoms with Crippen molar-refractivity contribution in [1.82, 2.24) is 5.32 Å². The van der Waals surface area contributed by atoms with Crippen LogP contribution >= 0.6 is 0 Å². The molecule has 1 heterocycles. The summed E-state index contributed by atoms with van der Waals surface area (Å²) < 4.78 is 0. The number of benzene rings is 1. The fraction of sp³-hybridized carbons (Fsp3) is 0.556. The van der Waals surface area contributed by atoms with Gasteiger partial charge in [0.1, 0.15) is 0 Å². The average molecular weight is 315 g/mol. The number of nitrogens with one attached hydrogen (secondary N) is 2. The molecule has 2 amide bonds. The third-order valence-electron chi connectivity index (χ3n) is 5.05. The zero-order valence-corrected chi connectivity index (χ0v) is 13.4. The van der Waals surface area contributed by atoms with Crippen molar-refractivity contribution in [2.75, 3.05) is 11.9 Å². The molecule has 1 saturated carbocycles. The maximum Gasteiger partial charge on any atom is 0.251 e. The van der Waals surface area contributed by atoms with Gasteiger partial charge >= 0.3 is 0 Å². The van der Waals surface area contributed by atoms with Gasteiger partial charge < -0.3 is 16.4 Å². The third-order valence-corrected chi connectivity index (χ3v) is 5.05. The van der Waals surface area contributed by atoms with Crippen LogP contribution in [-0.2, 0) is 11.2 Å². The predicted octanol–water partition coefficient (Wildman–Crippen LogP) is 2.21. The largest absolute Gasteiger partial charge is 0.348 e. The Morgan fingerprint density at radius 3 is 2.78 bits per heavy atom. The molecule has 3 rings (SSSR count). The summed E-state index contributed by atoms with van der Waals surface area (Å²) in [6, 6.07) is 5.53. The highest BCUT2D eigenvalue weighted by Gasteiger charge is 2.25. The second kappa shape index (κ2) is 7.13. The first-order valence-corrected chi connectivity index (χ1v) is 8.61. The fourth-order valence-corrected chi connectivity index (χ4v) is 3.68. The zero-order valence-electron chi connectivity index (χ0n) is 13.4. The lowest BCUT2D eigenvalue weighted by Crippen LogP contribution is -2.45. The Balaban J connectivity index is 1.68. The second-order valence-electron chi connectivity index (χ2n) is 6.63. The smallest absolute Gasteiger partial charge is 0.251 e. The number of carbonyl (C=O) groups is 2. The van der Waals surface area contributed by atoms with Crippen molar-refractivity contribution < 1.29 is 9.59 Å². The van der Waals surface area contributed by atoms with Gasteiger partial charge in [-0.3, -0.25) is 9.59 Å². The monoisotopic (exact) mass is 315 g/mol. The Kier molecular flexibility index (Phi) is 4.96. The van der Waals surface area contributed by atoms with Crippen LogP contribution in [0.2, 0.25) is 0 Å². The number of hydrogen-bond donors (Lipinski definition) is 3. The molecule has 1 aliphatic carbocycles. The van der Waals surface area contributed by atoms with E-state index in [0.717, 1.165) is 24.1 Å². The summed E-state index contributed by atoms with van der Waals surface area (Å²) in [5, 5.41) is 5.96. The summed E-state index contributed by atoms with van der Waals surface area (Å²) >= 11 is 0. The quantitative estimate of drug-likeness (QED) is 0.796. The Bertz CT molecular complexity index is 594. The van der Waals surface area contributed by atoms with Crippen molar-refractivity contribution >= 4 is 17.5 Å². The van der Waals surface area contributed by atoms with Crippen molar-refractivity contribution in [2.24, 2.45) is 11.7 Å². The molecule has 0 saturated heterocycles. The maximum absolute atomic E-state index is 12.6. The zero-order chi connectivity index (χ0) is 16.2. The van der Waals surface area contributed by atoms with Crippen LogP contribution in [0.4, 0.5) is 5.69 Å². The van der Waals surface area contributed by atoms with Gasteiger partial charge in [0.15, 0.2) is 0 Å². The predicted molar refractivity (Wildman–Crippen MR) is 90.3 cm³/mol. The number of anilines is 1. The standard InChI is InChI=1S/C18H25N3O2/c19-11-16(12-4-2-1-3-5-12)21-18(23)14-6-8-15-13(10-14)7-9-17(22)20-15/h6,8,10,12,16H,1-5,7,9,11,19H2,(H,20,22)(H,21,23). The fourth-order valence-electron chi connectivity index (χ4n) is 3.68. The minimum atomic E-state index is -0.0641. The topological polar surface area (TPSA) is 84.2 Å². The van der Waals surface area contributed by atoms with Crippen LogP contribution in [0, 0.1) is 5.92 Å². The van der Waals surface area contributed by atoms with Crippen molar-refractivity contribution in [1.29, 1.82) is 0 Å². The summed E-state index contributed by atoms with van der Waals surface area (Å²) in [6.07, 6.45) is 7.22.